The molecule has 0 saturated heterocycles. The van der Waals surface area contributed by atoms with E-state index in [2.05, 4.69) is 16.7 Å². The Hall–Kier alpha value is -2.02. The Labute approximate surface area is 114 Å². The molecular formula is C15H21N3O. The molecule has 0 spiro atoms. The molecule has 0 aliphatic heterocycles. The van der Waals surface area contributed by atoms with Gasteiger partial charge in [-0.15, -0.1) is 0 Å². The molecule has 0 fully saturated rings. The highest BCUT2D eigenvalue weighted by Crippen LogP contribution is 2.16. The topological polar surface area (TPSA) is 64.9 Å². The van der Waals surface area contributed by atoms with Crippen LogP contribution < -0.4 is 10.6 Å². The molecule has 2 N–H and O–H groups in total. The Morgan fingerprint density at radius 2 is 2.11 bits per heavy atom. The van der Waals surface area contributed by atoms with E-state index in [4.69, 9.17) is 5.26 Å². The molecule has 102 valence electrons. The van der Waals surface area contributed by atoms with Crippen LogP contribution in [-0.2, 0) is 4.79 Å². The van der Waals surface area contributed by atoms with E-state index in [1.54, 1.807) is 12.1 Å². The number of anilines is 1. The number of carbonyl (C=O) groups excluding carboxylic acids is 1. The van der Waals surface area contributed by atoms with Gasteiger partial charge in [-0.3, -0.25) is 4.79 Å². The Morgan fingerprint density at radius 3 is 2.68 bits per heavy atom. The van der Waals surface area contributed by atoms with Crippen LogP contribution in [0, 0.1) is 18.3 Å². The van der Waals surface area contributed by atoms with Crippen molar-refractivity contribution >= 4 is 11.6 Å². The first-order valence-electron chi connectivity index (χ1n) is 6.43. The second kappa shape index (κ2) is 6.24. The van der Waals surface area contributed by atoms with Gasteiger partial charge in [0.05, 0.1) is 18.2 Å². The average molecular weight is 259 g/mol. The first-order valence-corrected chi connectivity index (χ1v) is 6.43. The zero-order valence-electron chi connectivity index (χ0n) is 12.0. The van der Waals surface area contributed by atoms with Crippen molar-refractivity contribution in [3.8, 4) is 6.07 Å². The lowest BCUT2D eigenvalue weighted by Crippen LogP contribution is -2.45. The third-order valence-electron chi connectivity index (χ3n) is 3.17. The number of hydrogen-bond donors (Lipinski definition) is 2. The van der Waals surface area contributed by atoms with Crippen molar-refractivity contribution in [1.82, 2.24) is 5.32 Å². The Kier molecular flexibility index (Phi) is 4.94. The van der Waals surface area contributed by atoms with Gasteiger partial charge in [-0.2, -0.15) is 5.26 Å². The maximum Gasteiger partial charge on any atom is 0.239 e. The standard InChI is InChI=1S/C15H21N3O/c1-5-15(3,4)18-14(19)10-17-13-8-12(9-16)7-6-11(13)2/h6-8,17H,5,10H2,1-4H3,(H,18,19). The van der Waals surface area contributed by atoms with Gasteiger partial charge >= 0.3 is 0 Å². The quantitative estimate of drug-likeness (QED) is 0.854. The van der Waals surface area contributed by atoms with Gasteiger partial charge in [-0.1, -0.05) is 13.0 Å². The van der Waals surface area contributed by atoms with E-state index in [9.17, 15) is 4.79 Å². The maximum atomic E-state index is 11.8. The summed E-state index contributed by atoms with van der Waals surface area (Å²) >= 11 is 0. The van der Waals surface area contributed by atoms with Gasteiger partial charge < -0.3 is 10.6 Å². The second-order valence-electron chi connectivity index (χ2n) is 5.28. The number of hydrogen-bond acceptors (Lipinski definition) is 3. The van der Waals surface area contributed by atoms with Crippen LogP contribution in [0.2, 0.25) is 0 Å². The SMILES string of the molecule is CCC(C)(C)NC(=O)CNc1cc(C#N)ccc1C. The first kappa shape index (κ1) is 15.0. The summed E-state index contributed by atoms with van der Waals surface area (Å²) in [5, 5.41) is 14.9. The van der Waals surface area contributed by atoms with E-state index < -0.39 is 0 Å². The molecule has 0 unspecified atom stereocenters. The molecule has 1 aromatic rings. The van der Waals surface area contributed by atoms with Gasteiger partial charge in [0.1, 0.15) is 0 Å². The van der Waals surface area contributed by atoms with Crippen LogP contribution in [0.3, 0.4) is 0 Å². The lowest BCUT2D eigenvalue weighted by molar-refractivity contribution is -0.121. The van der Waals surface area contributed by atoms with Crippen molar-refractivity contribution < 1.29 is 4.79 Å². The molecule has 0 aliphatic rings. The van der Waals surface area contributed by atoms with Crippen LogP contribution in [-0.4, -0.2) is 18.0 Å². The molecule has 0 aliphatic carbocycles. The highest BCUT2D eigenvalue weighted by molar-refractivity contribution is 5.81. The average Bonchev–Trinajstić information content (AvgIpc) is 2.37. The summed E-state index contributed by atoms with van der Waals surface area (Å²) in [6, 6.07) is 7.48. The molecule has 0 radical (unpaired) electrons. The maximum absolute atomic E-state index is 11.8. The van der Waals surface area contributed by atoms with Crippen LogP contribution in [0.25, 0.3) is 0 Å². The summed E-state index contributed by atoms with van der Waals surface area (Å²) in [6.07, 6.45) is 0.877. The molecule has 1 amide bonds. The molecule has 19 heavy (non-hydrogen) atoms. The van der Waals surface area contributed by atoms with Gasteiger partial charge in [-0.25, -0.2) is 0 Å². The molecular weight excluding hydrogens is 238 g/mol. The molecule has 0 heterocycles. The molecule has 0 saturated carbocycles. The van der Waals surface area contributed by atoms with Crippen molar-refractivity contribution in [2.24, 2.45) is 0 Å². The smallest absolute Gasteiger partial charge is 0.239 e. The predicted octanol–water partition coefficient (Wildman–Crippen LogP) is 2.58. The number of nitrogens with zero attached hydrogens (tertiary/aromatic N) is 1. The minimum atomic E-state index is -0.192. The number of amides is 1. The lowest BCUT2D eigenvalue weighted by atomic mass is 10.0. The zero-order valence-corrected chi connectivity index (χ0v) is 12.0. The van der Waals surface area contributed by atoms with Crippen LogP contribution in [0.1, 0.15) is 38.3 Å². The minimum Gasteiger partial charge on any atom is -0.376 e. The fraction of sp³-hybridized carbons (Fsp3) is 0.467. The first-order chi connectivity index (χ1) is 8.88. The second-order valence-corrected chi connectivity index (χ2v) is 5.28. The van der Waals surface area contributed by atoms with Gasteiger partial charge in [0, 0.05) is 11.2 Å². The summed E-state index contributed by atoms with van der Waals surface area (Å²) in [6.45, 7) is 8.17. The van der Waals surface area contributed by atoms with Crippen LogP contribution in [0.15, 0.2) is 18.2 Å². The molecule has 0 aromatic heterocycles. The lowest BCUT2D eigenvalue weighted by Gasteiger charge is -2.24. The normalized spacial score (nSPS) is 10.7. The van der Waals surface area contributed by atoms with Crippen molar-refractivity contribution in [3.63, 3.8) is 0 Å². The Morgan fingerprint density at radius 1 is 1.42 bits per heavy atom. The zero-order chi connectivity index (χ0) is 14.5. The molecule has 1 aromatic carbocycles. The Balaban J connectivity index is 2.63. The number of carbonyl (C=O) groups is 1. The summed E-state index contributed by atoms with van der Waals surface area (Å²) < 4.78 is 0. The number of nitrogens with one attached hydrogen (secondary N) is 2. The summed E-state index contributed by atoms with van der Waals surface area (Å²) in [5.74, 6) is -0.0476. The van der Waals surface area contributed by atoms with Crippen molar-refractivity contribution in [2.45, 2.75) is 39.7 Å². The van der Waals surface area contributed by atoms with E-state index in [0.717, 1.165) is 17.7 Å². The fourth-order valence-electron chi connectivity index (χ4n) is 1.57. The van der Waals surface area contributed by atoms with E-state index in [-0.39, 0.29) is 18.0 Å². The van der Waals surface area contributed by atoms with Gasteiger partial charge in [0.25, 0.3) is 0 Å². The van der Waals surface area contributed by atoms with Crippen molar-refractivity contribution in [3.05, 3.63) is 29.3 Å². The van der Waals surface area contributed by atoms with E-state index in [1.807, 2.05) is 33.8 Å². The summed E-state index contributed by atoms with van der Waals surface area (Å²) in [5.41, 5.74) is 2.23. The van der Waals surface area contributed by atoms with E-state index >= 15 is 0 Å². The van der Waals surface area contributed by atoms with Gasteiger partial charge in [0.15, 0.2) is 0 Å². The number of aryl methyl sites for hydroxylation is 1. The van der Waals surface area contributed by atoms with E-state index in [1.165, 1.54) is 0 Å². The molecule has 0 bridgehead atoms. The third-order valence-corrected chi connectivity index (χ3v) is 3.17. The minimum absolute atomic E-state index is 0.0476. The number of nitriles is 1. The highest BCUT2D eigenvalue weighted by atomic mass is 16.2. The van der Waals surface area contributed by atoms with Crippen molar-refractivity contribution in [2.75, 3.05) is 11.9 Å². The van der Waals surface area contributed by atoms with Crippen LogP contribution >= 0.6 is 0 Å². The molecule has 1 rings (SSSR count). The largest absolute Gasteiger partial charge is 0.376 e. The van der Waals surface area contributed by atoms with Gasteiger partial charge in [0.2, 0.25) is 5.91 Å². The predicted molar refractivity (Wildman–Crippen MR) is 76.9 cm³/mol. The number of rotatable bonds is 5. The molecule has 4 heteroatoms. The fourth-order valence-corrected chi connectivity index (χ4v) is 1.57. The van der Waals surface area contributed by atoms with Crippen LogP contribution in [0.4, 0.5) is 5.69 Å². The van der Waals surface area contributed by atoms with Crippen molar-refractivity contribution in [1.29, 1.82) is 5.26 Å². The van der Waals surface area contributed by atoms with Crippen LogP contribution in [0.5, 0.6) is 0 Å². The third kappa shape index (κ3) is 4.63. The summed E-state index contributed by atoms with van der Waals surface area (Å²) in [4.78, 5) is 11.8. The van der Waals surface area contributed by atoms with E-state index in [0.29, 0.717) is 5.56 Å². The summed E-state index contributed by atoms with van der Waals surface area (Å²) in [7, 11) is 0. The monoisotopic (exact) mass is 259 g/mol. The molecule has 0 atom stereocenters. The Bertz CT molecular complexity index is 501. The van der Waals surface area contributed by atoms with Gasteiger partial charge in [-0.05, 0) is 44.9 Å². The molecule has 4 nitrogen and oxygen atoms in total. The number of benzene rings is 1. The highest BCUT2D eigenvalue weighted by Gasteiger charge is 2.17.